The van der Waals surface area contributed by atoms with Crippen LogP contribution in [-0.4, -0.2) is 36.7 Å². The molecule has 0 fully saturated rings. The van der Waals surface area contributed by atoms with Crippen molar-refractivity contribution in [1.29, 1.82) is 0 Å². The van der Waals surface area contributed by atoms with Gasteiger partial charge in [0.1, 0.15) is 0 Å². The van der Waals surface area contributed by atoms with Gasteiger partial charge < -0.3 is 15.2 Å². The summed E-state index contributed by atoms with van der Waals surface area (Å²) in [6.07, 6.45) is 2.91. The number of aliphatic hydroxyl groups is 1. The first-order valence-corrected chi connectivity index (χ1v) is 6.70. The summed E-state index contributed by atoms with van der Waals surface area (Å²) in [5.74, 6) is -1.17. The van der Waals surface area contributed by atoms with Gasteiger partial charge in [-0.25, -0.2) is 4.79 Å². The Hall–Kier alpha value is -1.66. The number of aryl methyl sites for hydroxylation is 1. The molecule has 108 valence electrons. The maximum absolute atomic E-state index is 11.7. The van der Waals surface area contributed by atoms with Crippen LogP contribution >= 0.6 is 15.9 Å². The number of hydrogen-bond donors (Lipinski definition) is 2. The summed E-state index contributed by atoms with van der Waals surface area (Å²) in [6.45, 7) is 1.45. The summed E-state index contributed by atoms with van der Waals surface area (Å²) in [4.78, 5) is 22.9. The van der Waals surface area contributed by atoms with Gasteiger partial charge in [-0.2, -0.15) is 0 Å². The zero-order chi connectivity index (χ0) is 15.1. The molecule has 0 saturated heterocycles. The number of rotatable bonds is 5. The second kappa shape index (κ2) is 7.81. The molecule has 0 heterocycles. The molecule has 0 unspecified atom stereocenters. The lowest BCUT2D eigenvalue weighted by atomic mass is 10.1. The van der Waals surface area contributed by atoms with Gasteiger partial charge in [0.15, 0.2) is 6.04 Å². The largest absolute Gasteiger partial charge is 0.467 e. The molecule has 0 aliphatic carbocycles. The molecule has 0 bridgehead atoms. The lowest BCUT2D eigenvalue weighted by Crippen LogP contribution is -2.43. The first-order valence-electron chi connectivity index (χ1n) is 5.91. The van der Waals surface area contributed by atoms with Crippen molar-refractivity contribution >= 4 is 33.9 Å². The molecule has 6 heteroatoms. The summed E-state index contributed by atoms with van der Waals surface area (Å²) in [6, 6.07) is 4.67. The highest BCUT2D eigenvalue weighted by Crippen LogP contribution is 2.19. The monoisotopic (exact) mass is 341 g/mol. The highest BCUT2D eigenvalue weighted by Gasteiger charge is 2.19. The predicted molar refractivity (Wildman–Crippen MR) is 78.9 cm³/mol. The number of carbonyl (C=O) groups is 2. The van der Waals surface area contributed by atoms with E-state index in [1.807, 2.05) is 25.1 Å². The van der Waals surface area contributed by atoms with E-state index < -0.39 is 24.5 Å². The van der Waals surface area contributed by atoms with E-state index in [1.54, 1.807) is 6.08 Å². The topological polar surface area (TPSA) is 75.6 Å². The number of aliphatic hydroxyl groups excluding tert-OH is 1. The first kappa shape index (κ1) is 16.4. The third-order valence-electron chi connectivity index (χ3n) is 2.55. The van der Waals surface area contributed by atoms with Gasteiger partial charge >= 0.3 is 5.97 Å². The molecular weight excluding hydrogens is 326 g/mol. The van der Waals surface area contributed by atoms with Crippen molar-refractivity contribution in [3.63, 3.8) is 0 Å². The number of amides is 1. The van der Waals surface area contributed by atoms with Crippen LogP contribution in [0.25, 0.3) is 6.08 Å². The molecule has 20 heavy (non-hydrogen) atoms. The number of nitrogens with one attached hydrogen (secondary N) is 1. The van der Waals surface area contributed by atoms with Crippen molar-refractivity contribution in [2.24, 2.45) is 0 Å². The molecule has 0 radical (unpaired) electrons. The minimum atomic E-state index is -1.06. The van der Waals surface area contributed by atoms with Gasteiger partial charge in [-0.3, -0.25) is 4.79 Å². The maximum Gasteiger partial charge on any atom is 0.330 e. The van der Waals surface area contributed by atoms with Crippen LogP contribution in [-0.2, 0) is 14.3 Å². The molecule has 0 saturated carbocycles. The van der Waals surface area contributed by atoms with Crippen LogP contribution in [0.3, 0.4) is 0 Å². The number of carbonyl (C=O) groups excluding carboxylic acids is 2. The van der Waals surface area contributed by atoms with E-state index in [2.05, 4.69) is 26.0 Å². The van der Waals surface area contributed by atoms with Crippen LogP contribution in [0.5, 0.6) is 0 Å². The molecule has 5 nitrogen and oxygen atoms in total. The van der Waals surface area contributed by atoms with Crippen LogP contribution in [0.1, 0.15) is 11.1 Å². The van der Waals surface area contributed by atoms with Crippen molar-refractivity contribution in [1.82, 2.24) is 5.32 Å². The summed E-state index contributed by atoms with van der Waals surface area (Å²) in [7, 11) is 1.19. The number of benzene rings is 1. The summed E-state index contributed by atoms with van der Waals surface area (Å²) in [5, 5.41) is 11.3. The third kappa shape index (κ3) is 4.79. The Balaban J connectivity index is 2.70. The van der Waals surface area contributed by atoms with E-state index in [0.29, 0.717) is 0 Å². The molecular formula is C14H16BrNO4. The minimum absolute atomic E-state index is 0.484. The average molecular weight is 342 g/mol. The molecule has 1 aromatic carbocycles. The average Bonchev–Trinajstić information content (AvgIpc) is 2.43. The molecule has 1 rings (SSSR count). The first-order chi connectivity index (χ1) is 9.47. The number of ether oxygens (including phenoxy) is 1. The van der Waals surface area contributed by atoms with Crippen LogP contribution in [0.15, 0.2) is 28.7 Å². The molecule has 2 N–H and O–H groups in total. The highest BCUT2D eigenvalue weighted by atomic mass is 79.9. The van der Waals surface area contributed by atoms with Gasteiger partial charge in [0.05, 0.1) is 13.7 Å². The third-order valence-corrected chi connectivity index (χ3v) is 3.24. The Morgan fingerprint density at radius 1 is 1.50 bits per heavy atom. The lowest BCUT2D eigenvalue weighted by molar-refractivity contribution is -0.145. The van der Waals surface area contributed by atoms with Crippen LogP contribution in [0, 0.1) is 6.92 Å². The molecule has 0 spiro atoms. The zero-order valence-electron chi connectivity index (χ0n) is 11.2. The van der Waals surface area contributed by atoms with E-state index in [9.17, 15) is 9.59 Å². The van der Waals surface area contributed by atoms with Gasteiger partial charge in [-0.1, -0.05) is 28.1 Å². The Kier molecular flexibility index (Phi) is 6.41. The Labute approximate surface area is 125 Å². The Morgan fingerprint density at radius 3 is 2.75 bits per heavy atom. The van der Waals surface area contributed by atoms with Gasteiger partial charge in [-0.05, 0) is 30.2 Å². The Morgan fingerprint density at radius 2 is 2.20 bits per heavy atom. The van der Waals surface area contributed by atoms with Crippen molar-refractivity contribution in [2.45, 2.75) is 13.0 Å². The number of methoxy groups -OCH3 is 1. The smallest absolute Gasteiger partial charge is 0.330 e. The summed E-state index contributed by atoms with van der Waals surface area (Å²) < 4.78 is 5.32. The minimum Gasteiger partial charge on any atom is -0.467 e. The fourth-order valence-corrected chi connectivity index (χ4v) is 2.10. The van der Waals surface area contributed by atoms with Crippen LogP contribution in [0.2, 0.25) is 0 Å². The molecule has 1 aromatic rings. The van der Waals surface area contributed by atoms with Crippen molar-refractivity contribution in [2.75, 3.05) is 13.7 Å². The second-order valence-electron chi connectivity index (χ2n) is 4.13. The standard InChI is InChI=1S/C14H16BrNO4/c1-9-3-4-10(11(15)7-9)5-6-13(18)16-12(8-17)14(19)20-2/h3-7,12,17H,8H2,1-2H3,(H,16,18)/b6-5+/t12-/m0/s1. The number of hydrogen-bond acceptors (Lipinski definition) is 4. The normalized spacial score (nSPS) is 12.2. The predicted octanol–water partition coefficient (Wildman–Crippen LogP) is 1.42. The van der Waals surface area contributed by atoms with Crippen molar-refractivity contribution in [3.8, 4) is 0 Å². The molecule has 0 aliphatic rings. The molecule has 0 aromatic heterocycles. The summed E-state index contributed by atoms with van der Waals surface area (Å²) >= 11 is 3.40. The number of esters is 1. The van der Waals surface area contributed by atoms with E-state index in [1.165, 1.54) is 13.2 Å². The van der Waals surface area contributed by atoms with Gasteiger partial charge in [-0.15, -0.1) is 0 Å². The van der Waals surface area contributed by atoms with Gasteiger partial charge in [0.25, 0.3) is 0 Å². The number of halogens is 1. The van der Waals surface area contributed by atoms with E-state index in [0.717, 1.165) is 15.6 Å². The highest BCUT2D eigenvalue weighted by molar-refractivity contribution is 9.10. The molecule has 1 amide bonds. The molecule has 0 aliphatic heterocycles. The summed E-state index contributed by atoms with van der Waals surface area (Å²) in [5.41, 5.74) is 1.94. The van der Waals surface area contributed by atoms with Gasteiger partial charge in [0.2, 0.25) is 5.91 Å². The lowest BCUT2D eigenvalue weighted by Gasteiger charge is -2.12. The maximum atomic E-state index is 11.7. The van der Waals surface area contributed by atoms with E-state index in [-0.39, 0.29) is 0 Å². The zero-order valence-corrected chi connectivity index (χ0v) is 12.8. The van der Waals surface area contributed by atoms with E-state index >= 15 is 0 Å². The van der Waals surface area contributed by atoms with E-state index in [4.69, 9.17) is 5.11 Å². The van der Waals surface area contributed by atoms with Gasteiger partial charge in [0, 0.05) is 10.5 Å². The molecule has 1 atom stereocenters. The quantitative estimate of drug-likeness (QED) is 0.627. The van der Waals surface area contributed by atoms with Crippen molar-refractivity contribution < 1.29 is 19.4 Å². The Bertz CT molecular complexity index is 528. The SMILES string of the molecule is COC(=O)[C@H](CO)NC(=O)/C=C/c1ccc(C)cc1Br. The van der Waals surface area contributed by atoms with Crippen LogP contribution in [0.4, 0.5) is 0 Å². The fraction of sp³-hybridized carbons (Fsp3) is 0.286. The second-order valence-corrected chi connectivity index (χ2v) is 4.98. The fourth-order valence-electron chi connectivity index (χ4n) is 1.47. The van der Waals surface area contributed by atoms with Crippen LogP contribution < -0.4 is 5.32 Å². The van der Waals surface area contributed by atoms with Crippen molar-refractivity contribution in [3.05, 3.63) is 39.9 Å².